The highest BCUT2D eigenvalue weighted by molar-refractivity contribution is 5.71. The Morgan fingerprint density at radius 3 is 1.20 bits per heavy atom. The first-order valence-electron chi connectivity index (χ1n) is 25.6. The van der Waals surface area contributed by atoms with Gasteiger partial charge in [0.05, 0.1) is 0 Å². The Balaban J connectivity index is 4.55. The second kappa shape index (κ2) is 51.4. The van der Waals surface area contributed by atoms with Gasteiger partial charge < -0.3 is 14.2 Å². The van der Waals surface area contributed by atoms with Crippen molar-refractivity contribution in [3.8, 4) is 0 Å². The van der Waals surface area contributed by atoms with Crippen LogP contribution in [0, 0.1) is 0 Å². The molecule has 360 valence electrons. The van der Waals surface area contributed by atoms with Crippen LogP contribution in [0.3, 0.4) is 0 Å². The van der Waals surface area contributed by atoms with Crippen molar-refractivity contribution in [2.45, 2.75) is 213 Å². The predicted octanol–water partition coefficient (Wildman–Crippen LogP) is 16.9. The zero-order valence-electron chi connectivity index (χ0n) is 41.0. The molecule has 0 aliphatic carbocycles. The highest BCUT2D eigenvalue weighted by Crippen LogP contribution is 2.14. The van der Waals surface area contributed by atoms with Crippen molar-refractivity contribution in [3.63, 3.8) is 0 Å². The minimum atomic E-state index is -0.822. The second-order valence-electron chi connectivity index (χ2n) is 16.4. The minimum absolute atomic E-state index is 0.113. The number of carbonyl (C=O) groups is 3. The third-order valence-corrected chi connectivity index (χ3v) is 10.3. The van der Waals surface area contributed by atoms with Crippen LogP contribution in [0.1, 0.15) is 207 Å². The number of ether oxygens (including phenoxy) is 3. The van der Waals surface area contributed by atoms with Gasteiger partial charge in [-0.05, 0) is 77.0 Å². The van der Waals surface area contributed by atoms with Gasteiger partial charge >= 0.3 is 17.9 Å². The van der Waals surface area contributed by atoms with Crippen molar-refractivity contribution >= 4 is 17.9 Å². The molecule has 0 fully saturated rings. The van der Waals surface area contributed by atoms with Crippen LogP contribution >= 0.6 is 0 Å². The number of hydrogen-bond donors (Lipinski definition) is 0. The predicted molar refractivity (Wildman–Crippen MR) is 274 cm³/mol. The maximum atomic E-state index is 12.8. The smallest absolute Gasteiger partial charge is 0.306 e. The standard InChI is InChI=1S/C58H92O6/c1-4-7-10-13-16-19-22-25-27-28-29-30-32-33-36-39-42-45-48-51-57(60)63-54-55(53-62-56(59)50-47-44-41-38-35-24-21-18-15-12-9-6-3)64-58(61)52-49-46-43-40-37-34-31-26-23-20-17-14-11-8-5-2/h7-8,10-11,14,16-17,19-20,23,25-27,29-31,33,36,42,45,55H,4-6,9,12-13,15,18,21-22,24,28,32,34-35,37-41,43-44,46-54H2,1-3H3/b10-7-,11-8-,17-14-,19-16-,23-20-,27-25-,30-29-,31-26-,36-33-,45-42-. The number of esters is 3. The average molecular weight is 885 g/mol. The van der Waals surface area contributed by atoms with Gasteiger partial charge in [0.1, 0.15) is 13.2 Å². The van der Waals surface area contributed by atoms with Crippen LogP contribution in [-0.4, -0.2) is 37.2 Å². The lowest BCUT2D eigenvalue weighted by Crippen LogP contribution is -2.30. The minimum Gasteiger partial charge on any atom is -0.462 e. The molecular formula is C58H92O6. The van der Waals surface area contributed by atoms with Crippen LogP contribution in [0.15, 0.2) is 122 Å². The summed E-state index contributed by atoms with van der Waals surface area (Å²) in [6.45, 7) is 6.28. The Hall–Kier alpha value is -4.19. The summed E-state index contributed by atoms with van der Waals surface area (Å²) < 4.78 is 16.7. The van der Waals surface area contributed by atoms with E-state index < -0.39 is 6.10 Å². The molecule has 0 aromatic rings. The summed E-state index contributed by atoms with van der Waals surface area (Å²) in [6, 6.07) is 0. The van der Waals surface area contributed by atoms with Crippen molar-refractivity contribution < 1.29 is 28.6 Å². The van der Waals surface area contributed by atoms with Crippen LogP contribution in [0.4, 0.5) is 0 Å². The van der Waals surface area contributed by atoms with E-state index in [0.717, 1.165) is 103 Å². The van der Waals surface area contributed by atoms with E-state index in [1.165, 1.54) is 57.8 Å². The number of allylic oxidation sites excluding steroid dienone is 20. The van der Waals surface area contributed by atoms with Crippen molar-refractivity contribution in [2.75, 3.05) is 13.2 Å². The maximum Gasteiger partial charge on any atom is 0.306 e. The Bertz CT molecular complexity index is 1390. The number of carbonyl (C=O) groups excluding carboxylic acids is 3. The molecule has 0 aromatic heterocycles. The summed E-state index contributed by atoms with van der Waals surface area (Å²) in [5, 5.41) is 0. The fourth-order valence-corrected chi connectivity index (χ4v) is 6.54. The van der Waals surface area contributed by atoms with E-state index in [1.54, 1.807) is 0 Å². The molecule has 0 saturated heterocycles. The Morgan fingerprint density at radius 2 is 0.719 bits per heavy atom. The highest BCUT2D eigenvalue weighted by Gasteiger charge is 2.19. The Labute approximate surface area is 392 Å². The molecule has 0 heterocycles. The van der Waals surface area contributed by atoms with E-state index >= 15 is 0 Å². The molecule has 0 spiro atoms. The number of rotatable bonds is 44. The quantitative estimate of drug-likeness (QED) is 0.0199. The van der Waals surface area contributed by atoms with Crippen LogP contribution < -0.4 is 0 Å². The molecule has 64 heavy (non-hydrogen) atoms. The van der Waals surface area contributed by atoms with Crippen molar-refractivity contribution in [3.05, 3.63) is 122 Å². The second-order valence-corrected chi connectivity index (χ2v) is 16.4. The summed E-state index contributed by atoms with van der Waals surface area (Å²) in [6.07, 6.45) is 70.5. The van der Waals surface area contributed by atoms with Crippen LogP contribution in [0.25, 0.3) is 0 Å². The van der Waals surface area contributed by atoms with Crippen LogP contribution in [0.2, 0.25) is 0 Å². The molecule has 0 rings (SSSR count). The van der Waals surface area contributed by atoms with E-state index in [2.05, 4.69) is 106 Å². The monoisotopic (exact) mass is 885 g/mol. The van der Waals surface area contributed by atoms with E-state index in [1.807, 2.05) is 36.5 Å². The molecular weight excluding hydrogens is 793 g/mol. The molecule has 1 unspecified atom stereocenters. The van der Waals surface area contributed by atoms with E-state index in [4.69, 9.17) is 14.2 Å². The molecule has 0 aromatic carbocycles. The fraction of sp³-hybridized carbons (Fsp3) is 0.603. The highest BCUT2D eigenvalue weighted by atomic mass is 16.6. The molecule has 0 N–H and O–H groups in total. The SMILES string of the molecule is CC\C=C/C=C\C=C/C=C\CCCCCCCC(=O)OC(COC(=O)CC/C=C\C/C=C\C/C=C\C/C=C\C/C=C\C/C=C\CC)COC(=O)CCCCCCCCCCCCCC. The Kier molecular flexibility index (Phi) is 48.1. The molecule has 0 radical (unpaired) electrons. The zero-order valence-corrected chi connectivity index (χ0v) is 41.0. The van der Waals surface area contributed by atoms with Gasteiger partial charge in [0.15, 0.2) is 6.10 Å². The summed E-state index contributed by atoms with van der Waals surface area (Å²) in [7, 11) is 0. The van der Waals surface area contributed by atoms with E-state index in [0.29, 0.717) is 12.8 Å². The van der Waals surface area contributed by atoms with Gasteiger partial charge in [-0.15, -0.1) is 0 Å². The molecule has 0 saturated carbocycles. The first-order valence-corrected chi connectivity index (χ1v) is 25.6. The molecule has 6 nitrogen and oxygen atoms in total. The van der Waals surface area contributed by atoms with E-state index in [9.17, 15) is 14.4 Å². The average Bonchev–Trinajstić information content (AvgIpc) is 3.29. The normalized spacial score (nSPS) is 13.1. The zero-order chi connectivity index (χ0) is 46.5. The molecule has 0 aliphatic rings. The Morgan fingerprint density at radius 1 is 0.344 bits per heavy atom. The molecule has 0 amide bonds. The summed E-state index contributed by atoms with van der Waals surface area (Å²) in [5.74, 6) is -1.03. The third-order valence-electron chi connectivity index (χ3n) is 10.3. The topological polar surface area (TPSA) is 78.9 Å². The summed E-state index contributed by atoms with van der Waals surface area (Å²) >= 11 is 0. The largest absolute Gasteiger partial charge is 0.462 e. The van der Waals surface area contributed by atoms with Crippen molar-refractivity contribution in [2.24, 2.45) is 0 Å². The lowest BCUT2D eigenvalue weighted by atomic mass is 10.0. The molecule has 1 atom stereocenters. The van der Waals surface area contributed by atoms with Crippen LogP contribution in [0.5, 0.6) is 0 Å². The summed E-state index contributed by atoms with van der Waals surface area (Å²) in [5.41, 5.74) is 0. The lowest BCUT2D eigenvalue weighted by Gasteiger charge is -2.18. The van der Waals surface area contributed by atoms with Gasteiger partial charge in [-0.25, -0.2) is 0 Å². The van der Waals surface area contributed by atoms with Gasteiger partial charge in [-0.3, -0.25) is 14.4 Å². The molecule has 0 aliphatic heterocycles. The summed E-state index contributed by atoms with van der Waals surface area (Å²) in [4.78, 5) is 37.9. The van der Waals surface area contributed by atoms with Crippen molar-refractivity contribution in [1.29, 1.82) is 0 Å². The lowest BCUT2D eigenvalue weighted by molar-refractivity contribution is -0.166. The van der Waals surface area contributed by atoms with Crippen molar-refractivity contribution in [1.82, 2.24) is 0 Å². The third kappa shape index (κ3) is 48.8. The first-order chi connectivity index (χ1) is 31.5. The van der Waals surface area contributed by atoms with Gasteiger partial charge in [0.2, 0.25) is 0 Å². The van der Waals surface area contributed by atoms with Gasteiger partial charge in [0.25, 0.3) is 0 Å². The van der Waals surface area contributed by atoms with Gasteiger partial charge in [0, 0.05) is 19.3 Å². The maximum absolute atomic E-state index is 12.8. The fourth-order valence-electron chi connectivity index (χ4n) is 6.54. The van der Waals surface area contributed by atoms with Gasteiger partial charge in [-0.2, -0.15) is 0 Å². The first kappa shape index (κ1) is 59.8. The van der Waals surface area contributed by atoms with Crippen LogP contribution in [-0.2, 0) is 28.6 Å². The van der Waals surface area contributed by atoms with Gasteiger partial charge in [-0.1, -0.05) is 232 Å². The van der Waals surface area contributed by atoms with E-state index in [-0.39, 0.29) is 44.0 Å². The molecule has 6 heteroatoms. The number of hydrogen-bond acceptors (Lipinski definition) is 6. The number of unbranched alkanes of at least 4 members (excludes halogenated alkanes) is 16. The molecule has 0 bridgehead atoms.